The number of thioether (sulfide) groups is 1. The van der Waals surface area contributed by atoms with E-state index in [4.69, 9.17) is 5.11 Å². The zero-order valence-electron chi connectivity index (χ0n) is 18.7. The zero-order valence-corrected chi connectivity index (χ0v) is 19.5. The van der Waals surface area contributed by atoms with Gasteiger partial charge in [-0.2, -0.15) is 0 Å². The number of carbonyl (C=O) groups excluding carboxylic acids is 3. The summed E-state index contributed by atoms with van der Waals surface area (Å²) in [5.41, 5.74) is 2.55. The maximum atomic E-state index is 13.2. The van der Waals surface area contributed by atoms with Crippen LogP contribution in [0.3, 0.4) is 0 Å². The minimum absolute atomic E-state index is 0.176. The summed E-state index contributed by atoms with van der Waals surface area (Å²) < 4.78 is 0. The Morgan fingerprint density at radius 2 is 1.29 bits per heavy atom. The third kappa shape index (κ3) is 8.17. The molecule has 0 aliphatic heterocycles. The molecule has 3 rings (SSSR count). The van der Waals surface area contributed by atoms with Gasteiger partial charge in [-0.3, -0.25) is 14.4 Å². The third-order valence-electron chi connectivity index (χ3n) is 4.57. The number of nitrogens with one attached hydrogen (secondary N) is 3. The third-order valence-corrected chi connectivity index (χ3v) is 5.83. The van der Waals surface area contributed by atoms with E-state index in [0.717, 1.165) is 22.6 Å². The molecule has 9 heteroatoms. The summed E-state index contributed by atoms with van der Waals surface area (Å²) >= 11 is 1.35. The average Bonchev–Trinajstić information content (AvgIpc) is 2.83. The molecule has 0 fully saturated rings. The number of rotatable bonds is 9. The topological polar surface area (TPSA) is 125 Å². The molecule has 4 N–H and O–H groups in total. The van der Waals surface area contributed by atoms with Gasteiger partial charge in [0.25, 0.3) is 0 Å². The Balaban J connectivity index is 1.72. The van der Waals surface area contributed by atoms with E-state index in [-0.39, 0.29) is 11.8 Å². The molecule has 0 saturated heterocycles. The molecule has 0 spiro atoms. The molecule has 3 aromatic rings. The zero-order chi connectivity index (χ0) is 25.2. The summed E-state index contributed by atoms with van der Waals surface area (Å²) in [5, 5.41) is 16.2. The summed E-state index contributed by atoms with van der Waals surface area (Å²) in [6.07, 6.45) is 1.69. The van der Waals surface area contributed by atoms with Crippen LogP contribution < -0.4 is 16.0 Å². The first-order valence-electron chi connectivity index (χ1n) is 10.5. The first-order valence-corrected chi connectivity index (χ1v) is 11.4. The predicted molar refractivity (Wildman–Crippen MR) is 136 cm³/mol. The molecule has 0 heterocycles. The van der Waals surface area contributed by atoms with Crippen LogP contribution in [-0.4, -0.2) is 28.8 Å². The predicted octanol–water partition coefficient (Wildman–Crippen LogP) is 4.70. The van der Waals surface area contributed by atoms with Gasteiger partial charge in [0, 0.05) is 41.0 Å². The number of carboxylic acid groups (broad SMARTS) is 1. The van der Waals surface area contributed by atoms with Crippen LogP contribution in [0.5, 0.6) is 0 Å². The molecular formula is C26H23N3O5S. The van der Waals surface area contributed by atoms with E-state index >= 15 is 0 Å². The van der Waals surface area contributed by atoms with E-state index < -0.39 is 17.1 Å². The SMILES string of the molecule is CC(=O)Nc1ccc(NC(=O)C(Sc2ccc(NC(=O)/C=C/C(=O)O)cc2)c2ccccc2)cc1. The van der Waals surface area contributed by atoms with E-state index in [2.05, 4.69) is 16.0 Å². The highest BCUT2D eigenvalue weighted by molar-refractivity contribution is 8.00. The molecule has 0 aliphatic carbocycles. The van der Waals surface area contributed by atoms with Gasteiger partial charge in [0.1, 0.15) is 5.25 Å². The Morgan fingerprint density at radius 3 is 1.86 bits per heavy atom. The van der Waals surface area contributed by atoms with Crippen molar-refractivity contribution in [2.45, 2.75) is 17.1 Å². The largest absolute Gasteiger partial charge is 0.478 e. The lowest BCUT2D eigenvalue weighted by Crippen LogP contribution is -2.19. The van der Waals surface area contributed by atoms with E-state index in [1.165, 1.54) is 18.7 Å². The Kier molecular flexibility index (Phi) is 8.80. The molecular weight excluding hydrogens is 466 g/mol. The molecule has 35 heavy (non-hydrogen) atoms. The van der Waals surface area contributed by atoms with Crippen LogP contribution in [0, 0.1) is 0 Å². The quantitative estimate of drug-likeness (QED) is 0.255. The number of hydrogen-bond acceptors (Lipinski definition) is 5. The van der Waals surface area contributed by atoms with Crippen molar-refractivity contribution in [3.05, 3.63) is 96.6 Å². The fourth-order valence-corrected chi connectivity index (χ4v) is 4.06. The number of amides is 3. The van der Waals surface area contributed by atoms with Gasteiger partial charge in [-0.15, -0.1) is 11.8 Å². The van der Waals surface area contributed by atoms with Crippen molar-refractivity contribution < 1.29 is 24.3 Å². The maximum absolute atomic E-state index is 13.2. The molecule has 0 bridgehead atoms. The second-order valence-electron chi connectivity index (χ2n) is 7.34. The number of hydrogen-bond donors (Lipinski definition) is 4. The van der Waals surface area contributed by atoms with Gasteiger partial charge in [0.05, 0.1) is 0 Å². The van der Waals surface area contributed by atoms with Crippen LogP contribution >= 0.6 is 11.8 Å². The Bertz CT molecular complexity index is 1230. The molecule has 1 atom stereocenters. The van der Waals surface area contributed by atoms with Crippen molar-refractivity contribution in [1.82, 2.24) is 0 Å². The second-order valence-corrected chi connectivity index (χ2v) is 8.52. The molecule has 178 valence electrons. The van der Waals surface area contributed by atoms with E-state index in [1.807, 2.05) is 30.3 Å². The van der Waals surface area contributed by atoms with E-state index in [1.54, 1.807) is 48.5 Å². The highest BCUT2D eigenvalue weighted by Gasteiger charge is 2.22. The molecule has 1 unspecified atom stereocenters. The van der Waals surface area contributed by atoms with Crippen LogP contribution in [0.1, 0.15) is 17.7 Å². The standard InChI is InChI=1S/C26H23N3O5S/c1-17(30)27-19-7-9-21(10-8-19)29-26(34)25(18-5-3-2-4-6-18)35-22-13-11-20(12-14-22)28-23(31)15-16-24(32)33/h2-16,25H,1H3,(H,27,30)(H,28,31)(H,29,34)(H,32,33)/b16-15+. The first kappa shape index (κ1) is 25.3. The molecule has 3 aromatic carbocycles. The lowest BCUT2D eigenvalue weighted by molar-refractivity contribution is -0.131. The van der Waals surface area contributed by atoms with Gasteiger partial charge in [-0.25, -0.2) is 4.79 Å². The van der Waals surface area contributed by atoms with Gasteiger partial charge < -0.3 is 21.1 Å². The van der Waals surface area contributed by atoms with Gasteiger partial charge >= 0.3 is 5.97 Å². The Morgan fingerprint density at radius 1 is 0.743 bits per heavy atom. The normalized spacial score (nSPS) is 11.5. The van der Waals surface area contributed by atoms with Crippen LogP contribution in [0.15, 0.2) is 95.9 Å². The average molecular weight is 490 g/mol. The Hall–Kier alpha value is -4.37. The molecule has 3 amide bonds. The van der Waals surface area contributed by atoms with Crippen molar-refractivity contribution in [3.8, 4) is 0 Å². The number of aliphatic carboxylic acids is 1. The number of benzene rings is 3. The van der Waals surface area contributed by atoms with Crippen LogP contribution in [-0.2, 0) is 19.2 Å². The second kappa shape index (κ2) is 12.2. The lowest BCUT2D eigenvalue weighted by atomic mass is 10.1. The molecule has 0 aliphatic rings. The van der Waals surface area contributed by atoms with E-state index in [0.29, 0.717) is 17.1 Å². The number of anilines is 3. The van der Waals surface area contributed by atoms with Crippen LogP contribution in [0.4, 0.5) is 17.1 Å². The summed E-state index contributed by atoms with van der Waals surface area (Å²) in [6.45, 7) is 1.42. The van der Waals surface area contributed by atoms with Crippen molar-refractivity contribution in [1.29, 1.82) is 0 Å². The summed E-state index contributed by atoms with van der Waals surface area (Å²) in [5.74, 6) is -2.16. The van der Waals surface area contributed by atoms with Crippen LogP contribution in [0.2, 0.25) is 0 Å². The van der Waals surface area contributed by atoms with Crippen molar-refractivity contribution in [2.24, 2.45) is 0 Å². The summed E-state index contributed by atoms with van der Waals surface area (Å²) in [7, 11) is 0. The van der Waals surface area contributed by atoms with Crippen molar-refractivity contribution in [2.75, 3.05) is 16.0 Å². The molecule has 8 nitrogen and oxygen atoms in total. The minimum atomic E-state index is -1.21. The lowest BCUT2D eigenvalue weighted by Gasteiger charge is -2.17. The van der Waals surface area contributed by atoms with Gasteiger partial charge in [0.15, 0.2) is 0 Å². The van der Waals surface area contributed by atoms with Gasteiger partial charge in [-0.1, -0.05) is 30.3 Å². The minimum Gasteiger partial charge on any atom is -0.478 e. The fourth-order valence-electron chi connectivity index (χ4n) is 3.03. The van der Waals surface area contributed by atoms with E-state index in [9.17, 15) is 19.2 Å². The summed E-state index contributed by atoms with van der Waals surface area (Å²) in [4.78, 5) is 47.5. The maximum Gasteiger partial charge on any atom is 0.328 e. The monoisotopic (exact) mass is 489 g/mol. The summed E-state index contributed by atoms with van der Waals surface area (Å²) in [6, 6.07) is 23.1. The highest BCUT2D eigenvalue weighted by atomic mass is 32.2. The number of carboxylic acids is 1. The van der Waals surface area contributed by atoms with Gasteiger partial charge in [0.2, 0.25) is 17.7 Å². The first-order chi connectivity index (χ1) is 16.8. The number of carbonyl (C=O) groups is 4. The van der Waals surface area contributed by atoms with Gasteiger partial charge in [-0.05, 0) is 54.1 Å². The van der Waals surface area contributed by atoms with Crippen molar-refractivity contribution >= 4 is 52.5 Å². The van der Waals surface area contributed by atoms with Crippen molar-refractivity contribution in [3.63, 3.8) is 0 Å². The van der Waals surface area contributed by atoms with Crippen LogP contribution in [0.25, 0.3) is 0 Å². The molecule has 0 radical (unpaired) electrons. The fraction of sp³-hybridized carbons (Fsp3) is 0.0769. The Labute approximate surface area is 206 Å². The smallest absolute Gasteiger partial charge is 0.328 e. The molecule has 0 saturated carbocycles. The highest BCUT2D eigenvalue weighted by Crippen LogP contribution is 2.36. The molecule has 0 aromatic heterocycles.